The third-order valence-corrected chi connectivity index (χ3v) is 2.49. The van der Waals surface area contributed by atoms with Crippen molar-refractivity contribution >= 4 is 23.8 Å². The molecule has 0 fully saturated rings. The van der Waals surface area contributed by atoms with E-state index >= 15 is 0 Å². The fourth-order valence-corrected chi connectivity index (χ4v) is 1.66. The molecular formula is C15H20ClNO3. The Bertz CT molecular complexity index is 492. The van der Waals surface area contributed by atoms with Crippen LogP contribution in [-0.4, -0.2) is 25.3 Å². The lowest BCUT2D eigenvalue weighted by atomic mass is 10.2. The van der Waals surface area contributed by atoms with Crippen LogP contribution in [0.4, 0.5) is 4.79 Å². The molecule has 20 heavy (non-hydrogen) atoms. The van der Waals surface area contributed by atoms with E-state index < -0.39 is 11.7 Å². The number of benzene rings is 1. The van der Waals surface area contributed by atoms with Gasteiger partial charge in [0.15, 0.2) is 0 Å². The van der Waals surface area contributed by atoms with Gasteiger partial charge in [-0.1, -0.05) is 23.8 Å². The van der Waals surface area contributed by atoms with Gasteiger partial charge in [0.2, 0.25) is 0 Å². The van der Waals surface area contributed by atoms with Crippen LogP contribution in [-0.2, 0) is 4.74 Å². The minimum atomic E-state index is -0.496. The van der Waals surface area contributed by atoms with Crippen LogP contribution in [0, 0.1) is 0 Å². The Morgan fingerprint density at radius 1 is 1.40 bits per heavy atom. The van der Waals surface area contributed by atoms with Gasteiger partial charge in [-0.05, 0) is 39.0 Å². The number of hydrogen-bond acceptors (Lipinski definition) is 3. The molecule has 0 unspecified atom stereocenters. The van der Waals surface area contributed by atoms with Crippen LogP contribution in [0.1, 0.15) is 26.3 Å². The molecule has 0 radical (unpaired) electrons. The molecular weight excluding hydrogens is 278 g/mol. The summed E-state index contributed by atoms with van der Waals surface area (Å²) in [5.74, 6) is 0.725. The molecule has 0 atom stereocenters. The van der Waals surface area contributed by atoms with E-state index in [-0.39, 0.29) is 0 Å². The molecule has 5 heteroatoms. The average molecular weight is 298 g/mol. The normalized spacial score (nSPS) is 11.4. The van der Waals surface area contributed by atoms with Gasteiger partial charge in [-0.25, -0.2) is 4.79 Å². The summed E-state index contributed by atoms with van der Waals surface area (Å²) in [6, 6.07) is 5.35. The van der Waals surface area contributed by atoms with Crippen molar-refractivity contribution in [3.05, 3.63) is 34.9 Å². The molecule has 1 rings (SSSR count). The molecule has 110 valence electrons. The lowest BCUT2D eigenvalue weighted by molar-refractivity contribution is 0.0534. The average Bonchev–Trinajstić information content (AvgIpc) is 2.33. The van der Waals surface area contributed by atoms with Crippen LogP contribution < -0.4 is 10.1 Å². The number of alkyl carbamates (subject to hydrolysis) is 1. The molecule has 1 N–H and O–H groups in total. The van der Waals surface area contributed by atoms with Crippen molar-refractivity contribution in [2.45, 2.75) is 26.4 Å². The van der Waals surface area contributed by atoms with Gasteiger partial charge in [-0.15, -0.1) is 0 Å². The summed E-state index contributed by atoms with van der Waals surface area (Å²) in [6.45, 7) is 5.82. The molecule has 0 heterocycles. The van der Waals surface area contributed by atoms with Gasteiger partial charge in [0.05, 0.1) is 7.11 Å². The maximum Gasteiger partial charge on any atom is 0.407 e. The summed E-state index contributed by atoms with van der Waals surface area (Å²) in [5, 5.41) is 3.27. The van der Waals surface area contributed by atoms with Crippen LogP contribution in [0.5, 0.6) is 5.75 Å². The third-order valence-electron chi connectivity index (χ3n) is 2.25. The second kappa shape index (κ2) is 7.20. The summed E-state index contributed by atoms with van der Waals surface area (Å²) in [6.07, 6.45) is 3.19. The molecule has 1 amide bonds. The van der Waals surface area contributed by atoms with E-state index in [2.05, 4.69) is 5.32 Å². The highest BCUT2D eigenvalue weighted by Gasteiger charge is 2.14. The number of carbonyl (C=O) groups excluding carboxylic acids is 1. The van der Waals surface area contributed by atoms with Crippen LogP contribution in [0.25, 0.3) is 6.08 Å². The van der Waals surface area contributed by atoms with Crippen molar-refractivity contribution in [2.24, 2.45) is 0 Å². The minimum Gasteiger partial charge on any atom is -0.496 e. The second-order valence-electron chi connectivity index (χ2n) is 5.17. The number of halogens is 1. The van der Waals surface area contributed by atoms with E-state index in [4.69, 9.17) is 21.1 Å². The Labute approximate surface area is 124 Å². The first kappa shape index (κ1) is 16.4. The number of nitrogens with one attached hydrogen (secondary N) is 1. The van der Waals surface area contributed by atoms with E-state index in [0.717, 1.165) is 11.3 Å². The molecule has 0 spiro atoms. The standard InChI is InChI=1S/C15H20ClNO3/c1-15(2,3)20-14(18)17-9-5-6-11-10-12(16)7-8-13(11)19-4/h5-8,10H,9H2,1-4H3,(H,17,18). The first-order valence-electron chi connectivity index (χ1n) is 6.29. The fourth-order valence-electron chi connectivity index (χ4n) is 1.48. The molecule has 0 aromatic heterocycles. The van der Waals surface area contributed by atoms with E-state index in [1.807, 2.05) is 26.8 Å². The monoisotopic (exact) mass is 297 g/mol. The highest BCUT2D eigenvalue weighted by molar-refractivity contribution is 6.30. The van der Waals surface area contributed by atoms with Gasteiger partial charge in [-0.3, -0.25) is 0 Å². The molecule has 0 saturated heterocycles. The zero-order valence-corrected chi connectivity index (χ0v) is 13.0. The highest BCUT2D eigenvalue weighted by atomic mass is 35.5. The van der Waals surface area contributed by atoms with E-state index in [1.54, 1.807) is 31.4 Å². The Hall–Kier alpha value is -1.68. The number of ether oxygens (including phenoxy) is 2. The lowest BCUT2D eigenvalue weighted by Crippen LogP contribution is -2.32. The largest absolute Gasteiger partial charge is 0.496 e. The van der Waals surface area contributed by atoms with Crippen molar-refractivity contribution in [1.82, 2.24) is 5.32 Å². The molecule has 4 nitrogen and oxygen atoms in total. The zero-order chi connectivity index (χ0) is 15.2. The van der Waals surface area contributed by atoms with Crippen LogP contribution in [0.15, 0.2) is 24.3 Å². The van der Waals surface area contributed by atoms with Gasteiger partial charge in [0.25, 0.3) is 0 Å². The van der Waals surface area contributed by atoms with E-state index in [0.29, 0.717) is 11.6 Å². The maximum absolute atomic E-state index is 11.4. The fraction of sp³-hybridized carbons (Fsp3) is 0.400. The predicted octanol–water partition coefficient (Wildman–Crippen LogP) is 3.89. The molecule has 0 saturated carbocycles. The summed E-state index contributed by atoms with van der Waals surface area (Å²) in [4.78, 5) is 11.4. The minimum absolute atomic E-state index is 0.366. The van der Waals surface area contributed by atoms with Gasteiger partial charge in [-0.2, -0.15) is 0 Å². The van der Waals surface area contributed by atoms with E-state index in [1.165, 1.54) is 0 Å². The van der Waals surface area contributed by atoms with Gasteiger partial charge in [0, 0.05) is 17.1 Å². The molecule has 1 aromatic carbocycles. The summed E-state index contributed by atoms with van der Waals surface area (Å²) >= 11 is 5.93. The molecule has 0 aliphatic rings. The summed E-state index contributed by atoms with van der Waals surface area (Å²) < 4.78 is 10.3. The van der Waals surface area contributed by atoms with E-state index in [9.17, 15) is 4.79 Å². The second-order valence-corrected chi connectivity index (χ2v) is 5.61. The SMILES string of the molecule is COc1ccc(Cl)cc1C=CCNC(=O)OC(C)(C)C. The first-order valence-corrected chi connectivity index (χ1v) is 6.66. The number of rotatable bonds is 4. The topological polar surface area (TPSA) is 47.6 Å². The van der Waals surface area contributed by atoms with Gasteiger partial charge < -0.3 is 14.8 Å². The van der Waals surface area contributed by atoms with Crippen molar-refractivity contribution in [2.75, 3.05) is 13.7 Å². The van der Waals surface area contributed by atoms with Crippen molar-refractivity contribution in [3.63, 3.8) is 0 Å². The van der Waals surface area contributed by atoms with Crippen molar-refractivity contribution in [1.29, 1.82) is 0 Å². The molecule has 1 aromatic rings. The van der Waals surface area contributed by atoms with Crippen molar-refractivity contribution < 1.29 is 14.3 Å². The van der Waals surface area contributed by atoms with Gasteiger partial charge in [0.1, 0.15) is 11.4 Å². The van der Waals surface area contributed by atoms with Gasteiger partial charge >= 0.3 is 6.09 Å². The smallest absolute Gasteiger partial charge is 0.407 e. The number of carbonyl (C=O) groups is 1. The maximum atomic E-state index is 11.4. The quantitative estimate of drug-likeness (QED) is 0.917. The van der Waals surface area contributed by atoms with Crippen molar-refractivity contribution in [3.8, 4) is 5.75 Å². The van der Waals surface area contributed by atoms with Crippen LogP contribution in [0.3, 0.4) is 0 Å². The Morgan fingerprint density at radius 2 is 2.10 bits per heavy atom. The van der Waals surface area contributed by atoms with Crippen LogP contribution in [0.2, 0.25) is 5.02 Å². The number of hydrogen-bond donors (Lipinski definition) is 1. The Kier molecular flexibility index (Phi) is 5.89. The number of methoxy groups -OCH3 is 1. The summed E-state index contributed by atoms with van der Waals surface area (Å²) in [7, 11) is 1.60. The third kappa shape index (κ3) is 5.97. The predicted molar refractivity (Wildman–Crippen MR) is 81.3 cm³/mol. The molecule has 0 bridgehead atoms. The zero-order valence-electron chi connectivity index (χ0n) is 12.2. The Balaban J connectivity index is 2.53. The Morgan fingerprint density at radius 3 is 2.70 bits per heavy atom. The first-order chi connectivity index (χ1) is 9.31. The lowest BCUT2D eigenvalue weighted by Gasteiger charge is -2.19. The highest BCUT2D eigenvalue weighted by Crippen LogP contribution is 2.23. The molecule has 0 aliphatic carbocycles. The number of amides is 1. The molecule has 0 aliphatic heterocycles. The summed E-state index contributed by atoms with van der Waals surface area (Å²) in [5.41, 5.74) is 0.357. The van der Waals surface area contributed by atoms with Crippen LogP contribution >= 0.6 is 11.6 Å².